The van der Waals surface area contributed by atoms with Crippen LogP contribution in [0.4, 0.5) is 0 Å². The normalized spacial score (nSPS) is 10.8. The van der Waals surface area contributed by atoms with Gasteiger partial charge in [-0.15, -0.1) is 0 Å². The molecule has 0 heterocycles. The van der Waals surface area contributed by atoms with Gasteiger partial charge in [-0.25, -0.2) is 0 Å². The van der Waals surface area contributed by atoms with Crippen LogP contribution in [-0.2, 0) is 6.42 Å². The molecule has 0 atom stereocenters. The lowest BCUT2D eigenvalue weighted by Gasteiger charge is -2.08. The van der Waals surface area contributed by atoms with Crippen LogP contribution in [0.5, 0.6) is 0 Å². The largest absolute Gasteiger partial charge is 0.294 e. The molecule has 0 saturated carbocycles. The van der Waals surface area contributed by atoms with Crippen LogP contribution in [0.15, 0.2) is 42.5 Å². The predicted molar refractivity (Wildman–Crippen MR) is 85.0 cm³/mol. The molecule has 2 rings (SSSR count). The van der Waals surface area contributed by atoms with Gasteiger partial charge >= 0.3 is 0 Å². The minimum atomic E-state index is 0.0234. The minimum Gasteiger partial charge on any atom is -0.294 e. The molecule has 2 aromatic rings. The Balaban J connectivity index is 2.20. The van der Waals surface area contributed by atoms with Gasteiger partial charge in [-0.2, -0.15) is 0 Å². The van der Waals surface area contributed by atoms with Crippen LogP contribution >= 0.6 is 23.2 Å². The Labute approximate surface area is 129 Å². The molecule has 0 aliphatic rings. The lowest BCUT2D eigenvalue weighted by Crippen LogP contribution is -2.05. The Morgan fingerprint density at radius 1 is 1.00 bits per heavy atom. The van der Waals surface area contributed by atoms with Crippen LogP contribution in [0.2, 0.25) is 10.0 Å². The summed E-state index contributed by atoms with van der Waals surface area (Å²) in [6.45, 7) is 4.25. The zero-order valence-electron chi connectivity index (χ0n) is 11.5. The Morgan fingerprint density at radius 3 is 2.05 bits per heavy atom. The molecule has 2 aromatic carbocycles. The van der Waals surface area contributed by atoms with E-state index in [1.165, 1.54) is 5.56 Å². The van der Waals surface area contributed by atoms with Crippen molar-refractivity contribution in [3.8, 4) is 0 Å². The summed E-state index contributed by atoms with van der Waals surface area (Å²) in [5.41, 5.74) is 2.59. The molecule has 0 bridgehead atoms. The van der Waals surface area contributed by atoms with Crippen molar-refractivity contribution in [1.29, 1.82) is 0 Å². The van der Waals surface area contributed by atoms with E-state index < -0.39 is 0 Å². The van der Waals surface area contributed by atoms with E-state index in [1.807, 2.05) is 24.3 Å². The summed E-state index contributed by atoms with van der Waals surface area (Å²) >= 11 is 12.2. The van der Waals surface area contributed by atoms with Gasteiger partial charge in [-0.3, -0.25) is 4.79 Å². The van der Waals surface area contributed by atoms with Gasteiger partial charge in [-0.1, -0.05) is 67.4 Å². The summed E-state index contributed by atoms with van der Waals surface area (Å²) in [5, 5.41) is 1.06. The highest BCUT2D eigenvalue weighted by Crippen LogP contribution is 2.26. The molecule has 0 N–H and O–H groups in total. The van der Waals surface area contributed by atoms with E-state index in [2.05, 4.69) is 13.8 Å². The molecule has 0 spiro atoms. The fourth-order valence-corrected chi connectivity index (χ4v) is 2.55. The number of ketones is 1. The molecule has 0 aromatic heterocycles. The lowest BCUT2D eigenvalue weighted by molar-refractivity contribution is 0.0993. The van der Waals surface area contributed by atoms with Crippen molar-refractivity contribution in [2.75, 3.05) is 0 Å². The molecule has 0 radical (unpaired) electrons. The Bertz CT molecular complexity index is 595. The molecule has 0 unspecified atom stereocenters. The van der Waals surface area contributed by atoms with Crippen LogP contribution in [0.3, 0.4) is 0 Å². The van der Waals surface area contributed by atoms with Gasteiger partial charge in [0, 0.05) is 22.0 Å². The van der Waals surface area contributed by atoms with Gasteiger partial charge in [0.15, 0.2) is 5.78 Å². The fourth-order valence-electron chi connectivity index (χ4n) is 2.02. The number of carbonyl (C=O) groups excluding carboxylic acids is 1. The van der Waals surface area contributed by atoms with Crippen LogP contribution in [-0.4, -0.2) is 5.78 Å². The molecular formula is C17H16Cl2O. The number of halogens is 2. The molecule has 0 saturated heterocycles. The summed E-state index contributed by atoms with van der Waals surface area (Å²) in [6.07, 6.45) is 0.222. The summed E-state index contributed by atoms with van der Waals surface area (Å²) in [5.74, 6) is 0.479. The third kappa shape index (κ3) is 3.41. The first-order valence-corrected chi connectivity index (χ1v) is 7.30. The van der Waals surface area contributed by atoms with Crippen LogP contribution in [0, 0.1) is 0 Å². The molecule has 1 nitrogen and oxygen atoms in total. The highest BCUT2D eigenvalue weighted by atomic mass is 35.5. The van der Waals surface area contributed by atoms with Crippen LogP contribution in [0.25, 0.3) is 0 Å². The zero-order valence-corrected chi connectivity index (χ0v) is 13.0. The van der Waals surface area contributed by atoms with Crippen molar-refractivity contribution in [3.05, 3.63) is 69.2 Å². The Kier molecular flexibility index (Phi) is 4.85. The van der Waals surface area contributed by atoms with Crippen LogP contribution in [0.1, 0.15) is 41.3 Å². The SMILES string of the molecule is CC(C)c1ccc(C(=O)Cc2c(Cl)cccc2Cl)cc1. The first-order chi connectivity index (χ1) is 9.49. The second kappa shape index (κ2) is 6.43. The van der Waals surface area contributed by atoms with Crippen molar-refractivity contribution in [2.24, 2.45) is 0 Å². The van der Waals surface area contributed by atoms with Gasteiger partial charge < -0.3 is 0 Å². The van der Waals surface area contributed by atoms with Gasteiger partial charge in [0.1, 0.15) is 0 Å². The smallest absolute Gasteiger partial charge is 0.167 e. The third-order valence-corrected chi connectivity index (χ3v) is 4.01. The van der Waals surface area contributed by atoms with Crippen molar-refractivity contribution in [1.82, 2.24) is 0 Å². The first-order valence-electron chi connectivity index (χ1n) is 6.55. The topological polar surface area (TPSA) is 17.1 Å². The van der Waals surface area contributed by atoms with Crippen molar-refractivity contribution < 1.29 is 4.79 Å². The average Bonchev–Trinajstić information content (AvgIpc) is 2.43. The second-order valence-corrected chi connectivity index (χ2v) is 5.89. The van der Waals surface area contributed by atoms with Crippen molar-refractivity contribution in [3.63, 3.8) is 0 Å². The van der Waals surface area contributed by atoms with Gasteiger partial charge in [0.05, 0.1) is 0 Å². The van der Waals surface area contributed by atoms with Crippen LogP contribution < -0.4 is 0 Å². The molecule has 0 fully saturated rings. The average molecular weight is 307 g/mol. The fraction of sp³-hybridized carbons (Fsp3) is 0.235. The minimum absolute atomic E-state index is 0.0234. The molecule has 0 aliphatic carbocycles. The monoisotopic (exact) mass is 306 g/mol. The summed E-state index contributed by atoms with van der Waals surface area (Å²) < 4.78 is 0. The standard InChI is InChI=1S/C17H16Cl2O/c1-11(2)12-6-8-13(9-7-12)17(20)10-14-15(18)4-3-5-16(14)19/h3-9,11H,10H2,1-2H3. The van der Waals surface area contributed by atoms with E-state index in [1.54, 1.807) is 18.2 Å². The zero-order chi connectivity index (χ0) is 14.7. The van der Waals surface area contributed by atoms with E-state index >= 15 is 0 Å². The third-order valence-electron chi connectivity index (χ3n) is 3.30. The maximum Gasteiger partial charge on any atom is 0.167 e. The van der Waals surface area contributed by atoms with E-state index in [-0.39, 0.29) is 12.2 Å². The molecular weight excluding hydrogens is 291 g/mol. The molecule has 20 heavy (non-hydrogen) atoms. The predicted octanol–water partition coefficient (Wildman–Crippen LogP) is 5.54. The number of hydrogen-bond donors (Lipinski definition) is 0. The maximum atomic E-state index is 12.3. The van der Waals surface area contributed by atoms with Crippen molar-refractivity contribution in [2.45, 2.75) is 26.2 Å². The second-order valence-electron chi connectivity index (χ2n) is 5.08. The lowest BCUT2D eigenvalue weighted by atomic mass is 9.98. The van der Waals surface area contributed by atoms with E-state index in [4.69, 9.17) is 23.2 Å². The Morgan fingerprint density at radius 2 is 1.55 bits per heavy atom. The van der Waals surface area contributed by atoms with Gasteiger partial charge in [0.25, 0.3) is 0 Å². The number of Topliss-reactive ketones (excluding diaryl/α,β-unsaturated/α-hetero) is 1. The van der Waals surface area contributed by atoms with E-state index in [0.717, 1.165) is 0 Å². The molecule has 3 heteroatoms. The highest BCUT2D eigenvalue weighted by Gasteiger charge is 2.12. The number of hydrogen-bond acceptors (Lipinski definition) is 1. The first kappa shape index (κ1) is 15.1. The summed E-state index contributed by atoms with van der Waals surface area (Å²) in [6, 6.07) is 13.0. The summed E-state index contributed by atoms with van der Waals surface area (Å²) in [7, 11) is 0. The number of benzene rings is 2. The molecule has 0 amide bonds. The van der Waals surface area contributed by atoms with Gasteiger partial charge in [0.2, 0.25) is 0 Å². The highest BCUT2D eigenvalue weighted by molar-refractivity contribution is 6.36. The molecule has 104 valence electrons. The Hall–Kier alpha value is -1.31. The van der Waals surface area contributed by atoms with E-state index in [0.29, 0.717) is 27.1 Å². The van der Waals surface area contributed by atoms with Gasteiger partial charge in [-0.05, 0) is 29.2 Å². The quantitative estimate of drug-likeness (QED) is 0.678. The molecule has 0 aliphatic heterocycles. The number of carbonyl (C=O) groups is 1. The summed E-state index contributed by atoms with van der Waals surface area (Å²) in [4.78, 5) is 12.3. The van der Waals surface area contributed by atoms with E-state index in [9.17, 15) is 4.79 Å². The maximum absolute atomic E-state index is 12.3. The van der Waals surface area contributed by atoms with Crippen molar-refractivity contribution >= 4 is 29.0 Å². The number of rotatable bonds is 4.